The number of carbonyl (C=O) groups excluding carboxylic acids is 2. The quantitative estimate of drug-likeness (QED) is 0.474. The smallest absolute Gasteiger partial charge is 0.302 e. The number of ether oxygens (including phenoxy) is 4. The first-order chi connectivity index (χ1) is 14.1. The fourth-order valence-corrected chi connectivity index (χ4v) is 7.27. The summed E-state index contributed by atoms with van der Waals surface area (Å²) in [5.74, 6) is 0.389. The number of esters is 1. The Morgan fingerprint density at radius 3 is 2.40 bits per heavy atom. The summed E-state index contributed by atoms with van der Waals surface area (Å²) < 4.78 is 23.1. The van der Waals surface area contributed by atoms with E-state index < -0.39 is 5.41 Å². The van der Waals surface area contributed by atoms with Gasteiger partial charge in [-0.3, -0.25) is 9.59 Å². The predicted molar refractivity (Wildman–Crippen MR) is 113 cm³/mol. The molecule has 6 heteroatoms. The number of methoxy groups -OCH3 is 2. The van der Waals surface area contributed by atoms with E-state index in [-0.39, 0.29) is 60.0 Å². The third-order valence-corrected chi connectivity index (χ3v) is 9.12. The number of Topliss-reactive ketones (excluding diaryl/α,β-unsaturated/α-hetero) is 1. The average Bonchev–Trinajstić information content (AvgIpc) is 3.11. The van der Waals surface area contributed by atoms with Crippen molar-refractivity contribution in [3.63, 3.8) is 0 Å². The van der Waals surface area contributed by atoms with Gasteiger partial charge in [-0.2, -0.15) is 0 Å². The summed E-state index contributed by atoms with van der Waals surface area (Å²) in [7, 11) is 3.42. The van der Waals surface area contributed by atoms with Gasteiger partial charge in [0.1, 0.15) is 19.2 Å². The highest BCUT2D eigenvalue weighted by Crippen LogP contribution is 2.68. The molecule has 0 aliphatic heterocycles. The Hall–Kier alpha value is -0.980. The molecule has 0 aromatic rings. The van der Waals surface area contributed by atoms with Crippen molar-refractivity contribution in [2.24, 2.45) is 34.0 Å². The van der Waals surface area contributed by atoms with Gasteiger partial charge in [0.25, 0.3) is 0 Å². The van der Waals surface area contributed by atoms with Gasteiger partial charge >= 0.3 is 5.97 Å². The molecule has 3 fully saturated rings. The molecule has 2 bridgehead atoms. The molecule has 3 aliphatic carbocycles. The van der Waals surface area contributed by atoms with Crippen LogP contribution in [0.1, 0.15) is 66.7 Å². The largest absolute Gasteiger partial charge is 0.465 e. The third-order valence-electron chi connectivity index (χ3n) is 9.12. The number of hydrogen-bond acceptors (Lipinski definition) is 6. The summed E-state index contributed by atoms with van der Waals surface area (Å²) in [4.78, 5) is 25.5. The van der Waals surface area contributed by atoms with Crippen molar-refractivity contribution in [3.05, 3.63) is 0 Å². The van der Waals surface area contributed by atoms with Crippen LogP contribution in [0, 0.1) is 34.0 Å². The second-order valence-corrected chi connectivity index (χ2v) is 10.5. The highest BCUT2D eigenvalue weighted by atomic mass is 16.7. The fraction of sp³-hybridized carbons (Fsp3) is 0.917. The molecule has 0 aromatic heterocycles. The van der Waals surface area contributed by atoms with Crippen molar-refractivity contribution in [3.8, 4) is 0 Å². The zero-order valence-corrected chi connectivity index (χ0v) is 19.8. The summed E-state index contributed by atoms with van der Waals surface area (Å²) in [6.45, 7) is 10.4. The van der Waals surface area contributed by atoms with Crippen molar-refractivity contribution < 1.29 is 28.5 Å². The SMILES string of the molecule is COCO[C@@H]1C[C@@](C)(COC(C)=O)C(=O)[C@H](C)C23CCC(OC)C2[C@@]1(C)[C@H](C)CC3. The molecule has 0 saturated heterocycles. The Labute approximate surface area is 181 Å². The van der Waals surface area contributed by atoms with E-state index in [2.05, 4.69) is 20.8 Å². The molecule has 0 amide bonds. The van der Waals surface area contributed by atoms with Gasteiger partial charge in [-0.25, -0.2) is 0 Å². The van der Waals surface area contributed by atoms with Crippen LogP contribution < -0.4 is 0 Å². The second kappa shape index (κ2) is 8.51. The highest BCUT2D eigenvalue weighted by Gasteiger charge is 2.68. The molecule has 6 nitrogen and oxygen atoms in total. The van der Waals surface area contributed by atoms with Crippen LogP contribution in [-0.2, 0) is 28.5 Å². The van der Waals surface area contributed by atoms with Crippen LogP contribution in [-0.4, -0.2) is 51.6 Å². The van der Waals surface area contributed by atoms with E-state index in [0.717, 1.165) is 25.7 Å². The van der Waals surface area contributed by atoms with Gasteiger partial charge in [-0.1, -0.05) is 20.8 Å². The molecule has 8 atom stereocenters. The molecule has 0 radical (unpaired) electrons. The fourth-order valence-electron chi connectivity index (χ4n) is 7.27. The van der Waals surface area contributed by atoms with Gasteiger partial charge < -0.3 is 18.9 Å². The Kier molecular flexibility index (Phi) is 6.72. The zero-order valence-electron chi connectivity index (χ0n) is 19.8. The zero-order chi connectivity index (χ0) is 22.3. The van der Waals surface area contributed by atoms with E-state index in [9.17, 15) is 9.59 Å². The van der Waals surface area contributed by atoms with E-state index in [4.69, 9.17) is 18.9 Å². The van der Waals surface area contributed by atoms with Gasteiger partial charge in [-0.05, 0) is 56.3 Å². The molecule has 3 aliphatic rings. The minimum absolute atomic E-state index is 0.0945. The standard InChI is InChI=1S/C24H40O6/c1-15-8-10-24-11-9-18(28-7)20(24)23(15,5)19(30-14-27-6)12-22(4,13-29-17(3)25)21(26)16(24)2/h15-16,18-20H,8-14H2,1-7H3/t15-,16+,18?,19-,20?,22+,23+,24?/m1/s1. The molecule has 172 valence electrons. The predicted octanol–water partition coefficient (Wildman–Crippen LogP) is 4.00. The van der Waals surface area contributed by atoms with E-state index in [1.807, 2.05) is 6.92 Å². The van der Waals surface area contributed by atoms with Gasteiger partial charge in [0, 0.05) is 32.5 Å². The minimum atomic E-state index is -0.787. The summed E-state index contributed by atoms with van der Waals surface area (Å²) in [5, 5.41) is 0. The van der Waals surface area contributed by atoms with Crippen molar-refractivity contribution >= 4 is 11.8 Å². The summed E-state index contributed by atoms with van der Waals surface area (Å²) in [5.41, 5.74) is -1.06. The maximum atomic E-state index is 14.0. The summed E-state index contributed by atoms with van der Waals surface area (Å²) in [6.07, 6.45) is 4.52. The van der Waals surface area contributed by atoms with Gasteiger partial charge in [-0.15, -0.1) is 0 Å². The Morgan fingerprint density at radius 1 is 1.13 bits per heavy atom. The van der Waals surface area contributed by atoms with Crippen LogP contribution in [0.3, 0.4) is 0 Å². The normalized spacial score (nSPS) is 46.1. The third kappa shape index (κ3) is 3.53. The number of rotatable bonds is 6. The second-order valence-electron chi connectivity index (χ2n) is 10.5. The molecule has 0 aromatic carbocycles. The molecule has 3 unspecified atom stereocenters. The minimum Gasteiger partial charge on any atom is -0.465 e. The average molecular weight is 425 g/mol. The van der Waals surface area contributed by atoms with Crippen LogP contribution >= 0.6 is 0 Å². The van der Waals surface area contributed by atoms with Crippen molar-refractivity contribution in [2.75, 3.05) is 27.6 Å². The number of ketones is 1. The molecule has 0 heterocycles. The van der Waals surface area contributed by atoms with E-state index in [1.165, 1.54) is 6.92 Å². The Bertz CT molecular complexity index is 664. The first kappa shape index (κ1) is 23.7. The van der Waals surface area contributed by atoms with Crippen molar-refractivity contribution in [1.82, 2.24) is 0 Å². The van der Waals surface area contributed by atoms with Crippen LogP contribution in [0.5, 0.6) is 0 Å². The molecule has 0 N–H and O–H groups in total. The molecule has 30 heavy (non-hydrogen) atoms. The van der Waals surface area contributed by atoms with Gasteiger partial charge in [0.2, 0.25) is 0 Å². The molecule has 3 rings (SSSR count). The highest BCUT2D eigenvalue weighted by molar-refractivity contribution is 5.88. The maximum Gasteiger partial charge on any atom is 0.302 e. The van der Waals surface area contributed by atoms with Crippen molar-refractivity contribution in [1.29, 1.82) is 0 Å². The lowest BCUT2D eigenvalue weighted by Crippen LogP contribution is -2.63. The maximum absolute atomic E-state index is 14.0. The Balaban J connectivity index is 2.14. The van der Waals surface area contributed by atoms with Crippen LogP contribution in [0.4, 0.5) is 0 Å². The van der Waals surface area contributed by atoms with Crippen LogP contribution in [0.2, 0.25) is 0 Å². The first-order valence-corrected chi connectivity index (χ1v) is 11.4. The van der Waals surface area contributed by atoms with E-state index in [1.54, 1.807) is 14.2 Å². The lowest BCUT2D eigenvalue weighted by atomic mass is 9.44. The molecular weight excluding hydrogens is 384 g/mol. The molecular formula is C24H40O6. The molecule has 0 spiro atoms. The number of hydrogen-bond donors (Lipinski definition) is 0. The van der Waals surface area contributed by atoms with Gasteiger partial charge in [0.15, 0.2) is 0 Å². The van der Waals surface area contributed by atoms with E-state index in [0.29, 0.717) is 12.3 Å². The van der Waals surface area contributed by atoms with Crippen LogP contribution in [0.15, 0.2) is 0 Å². The Morgan fingerprint density at radius 2 is 1.80 bits per heavy atom. The van der Waals surface area contributed by atoms with Gasteiger partial charge in [0.05, 0.1) is 17.6 Å². The lowest BCUT2D eigenvalue weighted by molar-refractivity contribution is -0.222. The number of carbonyl (C=O) groups is 2. The first-order valence-electron chi connectivity index (χ1n) is 11.4. The van der Waals surface area contributed by atoms with E-state index >= 15 is 0 Å². The monoisotopic (exact) mass is 424 g/mol. The van der Waals surface area contributed by atoms with Crippen molar-refractivity contribution in [2.45, 2.75) is 78.9 Å². The lowest BCUT2D eigenvalue weighted by Gasteiger charge is -2.62. The molecule has 3 saturated carbocycles. The summed E-state index contributed by atoms with van der Waals surface area (Å²) >= 11 is 0. The van der Waals surface area contributed by atoms with Crippen LogP contribution in [0.25, 0.3) is 0 Å². The topological polar surface area (TPSA) is 71.1 Å². The summed E-state index contributed by atoms with van der Waals surface area (Å²) in [6, 6.07) is 0.